The number of rotatable bonds is 4. The molecule has 1 amide bonds. The second-order valence-corrected chi connectivity index (χ2v) is 3.95. The van der Waals surface area contributed by atoms with Crippen LogP contribution in [0.4, 0.5) is 24.5 Å². The Morgan fingerprint density at radius 3 is 2.16 bits per heavy atom. The SMILES string of the molecule is Nc1cc(N)cc(C(=O)N(CCO)CC(F)(F)F)c1. The number of alkyl halides is 3. The Morgan fingerprint density at radius 1 is 1.21 bits per heavy atom. The minimum atomic E-state index is -4.54. The Kier molecular flexibility index (Phi) is 4.60. The van der Waals surface area contributed by atoms with Crippen molar-refractivity contribution in [3.8, 4) is 0 Å². The molecule has 0 radical (unpaired) electrons. The lowest BCUT2D eigenvalue weighted by Gasteiger charge is -2.23. The molecule has 0 unspecified atom stereocenters. The second-order valence-electron chi connectivity index (χ2n) is 3.95. The first-order chi connectivity index (χ1) is 8.73. The number of aliphatic hydroxyl groups is 1. The van der Waals surface area contributed by atoms with E-state index < -0.39 is 31.8 Å². The van der Waals surface area contributed by atoms with Crippen LogP contribution < -0.4 is 11.5 Å². The van der Waals surface area contributed by atoms with E-state index in [0.29, 0.717) is 4.90 Å². The van der Waals surface area contributed by atoms with E-state index in [1.807, 2.05) is 0 Å². The van der Waals surface area contributed by atoms with E-state index >= 15 is 0 Å². The summed E-state index contributed by atoms with van der Waals surface area (Å²) >= 11 is 0. The topological polar surface area (TPSA) is 92.6 Å². The molecule has 0 atom stereocenters. The van der Waals surface area contributed by atoms with Gasteiger partial charge in [0.2, 0.25) is 0 Å². The third kappa shape index (κ3) is 4.66. The lowest BCUT2D eigenvalue weighted by atomic mass is 10.1. The molecule has 8 heteroatoms. The highest BCUT2D eigenvalue weighted by atomic mass is 19.4. The zero-order valence-electron chi connectivity index (χ0n) is 9.94. The number of hydrogen-bond donors (Lipinski definition) is 3. The molecular formula is C11H14F3N3O2. The fraction of sp³-hybridized carbons (Fsp3) is 0.364. The summed E-state index contributed by atoms with van der Waals surface area (Å²) in [6, 6.07) is 3.86. The van der Waals surface area contributed by atoms with Gasteiger partial charge in [-0.25, -0.2) is 0 Å². The standard InChI is InChI=1S/C11H14F3N3O2/c12-11(13,14)6-17(1-2-18)10(19)7-3-8(15)5-9(16)4-7/h3-5,18H,1-2,6,15-16H2. The summed E-state index contributed by atoms with van der Waals surface area (Å²) in [4.78, 5) is 12.4. The Hall–Kier alpha value is -1.96. The van der Waals surface area contributed by atoms with E-state index in [9.17, 15) is 18.0 Å². The summed E-state index contributed by atoms with van der Waals surface area (Å²) in [7, 11) is 0. The van der Waals surface area contributed by atoms with E-state index in [0.717, 1.165) is 0 Å². The van der Waals surface area contributed by atoms with Gasteiger partial charge < -0.3 is 21.5 Å². The number of halogens is 3. The Labute approximate surface area is 107 Å². The monoisotopic (exact) mass is 277 g/mol. The van der Waals surface area contributed by atoms with Crippen LogP contribution in [0.3, 0.4) is 0 Å². The van der Waals surface area contributed by atoms with E-state index in [1.165, 1.54) is 18.2 Å². The van der Waals surface area contributed by atoms with Gasteiger partial charge in [-0.3, -0.25) is 4.79 Å². The fourth-order valence-corrected chi connectivity index (χ4v) is 1.57. The molecule has 0 spiro atoms. The molecule has 0 fully saturated rings. The summed E-state index contributed by atoms with van der Waals surface area (Å²) in [5.74, 6) is -0.884. The van der Waals surface area contributed by atoms with Gasteiger partial charge in [-0.2, -0.15) is 13.2 Å². The van der Waals surface area contributed by atoms with Crippen LogP contribution >= 0.6 is 0 Å². The van der Waals surface area contributed by atoms with Crippen LogP contribution in [-0.2, 0) is 0 Å². The number of anilines is 2. The number of nitrogens with zero attached hydrogens (tertiary/aromatic N) is 1. The molecular weight excluding hydrogens is 263 g/mol. The quantitative estimate of drug-likeness (QED) is 0.711. The number of aliphatic hydroxyl groups excluding tert-OH is 1. The molecule has 1 aromatic carbocycles. The van der Waals surface area contributed by atoms with Gasteiger partial charge in [0.1, 0.15) is 6.54 Å². The summed E-state index contributed by atoms with van der Waals surface area (Å²) in [6.07, 6.45) is -4.54. The van der Waals surface area contributed by atoms with Crippen LogP contribution in [0.15, 0.2) is 18.2 Å². The molecule has 0 aliphatic heterocycles. The van der Waals surface area contributed by atoms with Crippen molar-refractivity contribution < 1.29 is 23.1 Å². The van der Waals surface area contributed by atoms with Gasteiger partial charge in [0, 0.05) is 23.5 Å². The smallest absolute Gasteiger partial charge is 0.399 e. The van der Waals surface area contributed by atoms with E-state index in [4.69, 9.17) is 16.6 Å². The van der Waals surface area contributed by atoms with Crippen molar-refractivity contribution in [1.29, 1.82) is 0 Å². The maximum absolute atomic E-state index is 12.3. The maximum atomic E-state index is 12.3. The minimum Gasteiger partial charge on any atom is -0.399 e. The van der Waals surface area contributed by atoms with Crippen molar-refractivity contribution in [2.75, 3.05) is 31.2 Å². The first-order valence-corrected chi connectivity index (χ1v) is 5.36. The Bertz CT molecular complexity index is 443. The van der Waals surface area contributed by atoms with Gasteiger partial charge in [0.15, 0.2) is 0 Å². The largest absolute Gasteiger partial charge is 0.406 e. The molecule has 0 saturated heterocycles. The van der Waals surface area contributed by atoms with Crippen molar-refractivity contribution in [2.45, 2.75) is 6.18 Å². The van der Waals surface area contributed by atoms with Gasteiger partial charge in [-0.05, 0) is 18.2 Å². The van der Waals surface area contributed by atoms with Crippen LogP contribution in [0.25, 0.3) is 0 Å². The van der Waals surface area contributed by atoms with E-state index in [1.54, 1.807) is 0 Å². The van der Waals surface area contributed by atoms with Crippen molar-refractivity contribution >= 4 is 17.3 Å². The number of nitrogen functional groups attached to an aromatic ring is 2. The first-order valence-electron chi connectivity index (χ1n) is 5.36. The van der Waals surface area contributed by atoms with Crippen molar-refractivity contribution in [3.63, 3.8) is 0 Å². The highest BCUT2D eigenvalue weighted by Gasteiger charge is 2.33. The maximum Gasteiger partial charge on any atom is 0.406 e. The molecule has 106 valence electrons. The van der Waals surface area contributed by atoms with Crippen molar-refractivity contribution in [1.82, 2.24) is 4.90 Å². The highest BCUT2D eigenvalue weighted by molar-refractivity contribution is 5.96. The average Bonchev–Trinajstić information content (AvgIpc) is 2.24. The molecule has 0 aromatic heterocycles. The number of hydrogen-bond acceptors (Lipinski definition) is 4. The second kappa shape index (κ2) is 5.79. The number of nitrogens with two attached hydrogens (primary N) is 2. The lowest BCUT2D eigenvalue weighted by Crippen LogP contribution is -2.40. The predicted octanol–water partition coefficient (Wildman–Crippen LogP) is 0.848. The molecule has 0 saturated carbocycles. The van der Waals surface area contributed by atoms with Crippen LogP contribution in [0.5, 0.6) is 0 Å². The zero-order chi connectivity index (χ0) is 14.6. The number of carbonyl (C=O) groups is 1. The van der Waals surface area contributed by atoms with Crippen LogP contribution in [0.2, 0.25) is 0 Å². The molecule has 1 rings (SSSR count). The van der Waals surface area contributed by atoms with E-state index in [-0.39, 0.29) is 16.9 Å². The van der Waals surface area contributed by atoms with Crippen molar-refractivity contribution in [2.24, 2.45) is 0 Å². The minimum absolute atomic E-state index is 0.0461. The van der Waals surface area contributed by atoms with Gasteiger partial charge >= 0.3 is 6.18 Å². The molecule has 5 N–H and O–H groups in total. The lowest BCUT2D eigenvalue weighted by molar-refractivity contribution is -0.141. The number of benzene rings is 1. The summed E-state index contributed by atoms with van der Waals surface area (Å²) in [6.45, 7) is -2.44. The fourth-order valence-electron chi connectivity index (χ4n) is 1.57. The van der Waals surface area contributed by atoms with Gasteiger partial charge in [-0.15, -0.1) is 0 Å². The molecule has 1 aromatic rings. The number of carbonyl (C=O) groups excluding carboxylic acids is 1. The van der Waals surface area contributed by atoms with Gasteiger partial charge in [0.25, 0.3) is 5.91 Å². The van der Waals surface area contributed by atoms with Gasteiger partial charge in [0.05, 0.1) is 6.61 Å². The van der Waals surface area contributed by atoms with E-state index in [2.05, 4.69) is 0 Å². The zero-order valence-corrected chi connectivity index (χ0v) is 9.94. The summed E-state index contributed by atoms with van der Waals surface area (Å²) < 4.78 is 37.0. The summed E-state index contributed by atoms with van der Waals surface area (Å²) in [5.41, 5.74) is 11.3. The average molecular weight is 277 g/mol. The molecule has 0 aliphatic carbocycles. The molecule has 0 heterocycles. The molecule has 0 bridgehead atoms. The third-order valence-corrected chi connectivity index (χ3v) is 2.25. The molecule has 19 heavy (non-hydrogen) atoms. The predicted molar refractivity (Wildman–Crippen MR) is 64.3 cm³/mol. The Morgan fingerprint density at radius 2 is 1.74 bits per heavy atom. The first kappa shape index (κ1) is 15.1. The normalized spacial score (nSPS) is 11.4. The Balaban J connectivity index is 2.98. The van der Waals surface area contributed by atoms with Crippen molar-refractivity contribution in [3.05, 3.63) is 23.8 Å². The van der Waals surface area contributed by atoms with Crippen LogP contribution in [0.1, 0.15) is 10.4 Å². The third-order valence-electron chi connectivity index (χ3n) is 2.25. The van der Waals surface area contributed by atoms with Gasteiger partial charge in [-0.1, -0.05) is 0 Å². The van der Waals surface area contributed by atoms with Crippen LogP contribution in [-0.4, -0.2) is 41.8 Å². The molecule has 5 nitrogen and oxygen atoms in total. The number of amides is 1. The highest BCUT2D eigenvalue weighted by Crippen LogP contribution is 2.20. The summed E-state index contributed by atoms with van der Waals surface area (Å²) in [5, 5.41) is 8.73. The van der Waals surface area contributed by atoms with Crippen LogP contribution in [0, 0.1) is 0 Å². The molecule has 0 aliphatic rings.